The molecule has 1 heterocycles. The highest BCUT2D eigenvalue weighted by Crippen LogP contribution is 2.20. The standard InChI is InChI=1S/C11H19NO2/c1-2-4-10(5-3-1)13-8-6-11-12-7-9-14-11/h10H,1-9H2. The van der Waals surface area contributed by atoms with E-state index in [1.54, 1.807) is 0 Å². The first kappa shape index (κ1) is 9.97. The second-order valence-electron chi connectivity index (χ2n) is 4.00. The Morgan fingerprint density at radius 3 is 2.86 bits per heavy atom. The van der Waals surface area contributed by atoms with Crippen molar-refractivity contribution in [1.29, 1.82) is 0 Å². The van der Waals surface area contributed by atoms with Crippen molar-refractivity contribution < 1.29 is 9.47 Å². The molecule has 0 atom stereocenters. The van der Waals surface area contributed by atoms with Crippen molar-refractivity contribution in [2.75, 3.05) is 19.8 Å². The molecule has 0 aromatic carbocycles. The Morgan fingerprint density at radius 1 is 1.29 bits per heavy atom. The third kappa shape index (κ3) is 2.98. The van der Waals surface area contributed by atoms with Gasteiger partial charge in [-0.3, -0.25) is 4.99 Å². The Kier molecular flexibility index (Phi) is 3.80. The molecule has 80 valence electrons. The van der Waals surface area contributed by atoms with E-state index in [2.05, 4.69) is 4.99 Å². The molecule has 1 fully saturated rings. The van der Waals surface area contributed by atoms with E-state index in [0.717, 1.165) is 32.1 Å². The summed E-state index contributed by atoms with van der Waals surface area (Å²) >= 11 is 0. The van der Waals surface area contributed by atoms with Gasteiger partial charge in [-0.1, -0.05) is 19.3 Å². The summed E-state index contributed by atoms with van der Waals surface area (Å²) in [5.74, 6) is 0.890. The highest BCUT2D eigenvalue weighted by atomic mass is 16.5. The summed E-state index contributed by atoms with van der Waals surface area (Å²) in [5, 5.41) is 0. The second-order valence-corrected chi connectivity index (χ2v) is 4.00. The molecule has 14 heavy (non-hydrogen) atoms. The summed E-state index contributed by atoms with van der Waals surface area (Å²) in [6.45, 7) is 2.38. The van der Waals surface area contributed by atoms with Crippen molar-refractivity contribution in [3.63, 3.8) is 0 Å². The monoisotopic (exact) mass is 197 g/mol. The molecule has 3 nitrogen and oxygen atoms in total. The molecule has 0 spiro atoms. The molecule has 0 aromatic rings. The number of hydrogen-bond acceptors (Lipinski definition) is 3. The lowest BCUT2D eigenvalue weighted by molar-refractivity contribution is 0.0312. The summed E-state index contributed by atoms with van der Waals surface area (Å²) in [5.41, 5.74) is 0. The Labute approximate surface area is 85.5 Å². The van der Waals surface area contributed by atoms with Gasteiger partial charge in [-0.25, -0.2) is 0 Å². The van der Waals surface area contributed by atoms with Gasteiger partial charge in [0, 0.05) is 6.42 Å². The minimum atomic E-state index is 0.505. The van der Waals surface area contributed by atoms with Gasteiger partial charge in [0.15, 0.2) is 5.90 Å². The van der Waals surface area contributed by atoms with Crippen LogP contribution in [0.25, 0.3) is 0 Å². The molecule has 1 aliphatic heterocycles. The zero-order chi connectivity index (χ0) is 9.64. The van der Waals surface area contributed by atoms with Crippen LogP contribution in [0.3, 0.4) is 0 Å². The van der Waals surface area contributed by atoms with E-state index >= 15 is 0 Å². The molecule has 0 bridgehead atoms. The predicted octanol–water partition coefficient (Wildman–Crippen LogP) is 2.15. The number of aliphatic imine (C=N–C) groups is 1. The van der Waals surface area contributed by atoms with Gasteiger partial charge in [0.05, 0.1) is 19.3 Å². The number of hydrogen-bond donors (Lipinski definition) is 0. The van der Waals surface area contributed by atoms with E-state index in [0.29, 0.717) is 6.10 Å². The lowest BCUT2D eigenvalue weighted by Gasteiger charge is -2.21. The fraction of sp³-hybridized carbons (Fsp3) is 0.909. The SMILES string of the molecule is C1CCC(OCCC2=NCCO2)CC1. The minimum Gasteiger partial charge on any atom is -0.479 e. The average Bonchev–Trinajstić information content (AvgIpc) is 2.72. The zero-order valence-corrected chi connectivity index (χ0v) is 8.71. The topological polar surface area (TPSA) is 30.8 Å². The summed E-state index contributed by atoms with van der Waals surface area (Å²) < 4.78 is 11.1. The van der Waals surface area contributed by atoms with Gasteiger partial charge in [0.2, 0.25) is 0 Å². The van der Waals surface area contributed by atoms with Gasteiger partial charge < -0.3 is 9.47 Å². The Bertz CT molecular complexity index is 197. The number of rotatable bonds is 4. The van der Waals surface area contributed by atoms with Crippen LogP contribution in [-0.2, 0) is 9.47 Å². The Balaban J connectivity index is 1.57. The fourth-order valence-electron chi connectivity index (χ4n) is 2.08. The van der Waals surface area contributed by atoms with E-state index < -0.39 is 0 Å². The van der Waals surface area contributed by atoms with Crippen LogP contribution >= 0.6 is 0 Å². The van der Waals surface area contributed by atoms with E-state index in [-0.39, 0.29) is 0 Å². The fourth-order valence-corrected chi connectivity index (χ4v) is 2.08. The third-order valence-electron chi connectivity index (χ3n) is 2.87. The lowest BCUT2D eigenvalue weighted by atomic mass is 9.98. The zero-order valence-electron chi connectivity index (χ0n) is 8.71. The van der Waals surface area contributed by atoms with E-state index in [1.165, 1.54) is 32.1 Å². The number of ether oxygens (including phenoxy) is 2. The van der Waals surface area contributed by atoms with E-state index in [9.17, 15) is 0 Å². The summed E-state index contributed by atoms with van der Waals surface area (Å²) in [6.07, 6.45) is 7.91. The summed E-state index contributed by atoms with van der Waals surface area (Å²) in [7, 11) is 0. The Hall–Kier alpha value is -0.570. The van der Waals surface area contributed by atoms with Gasteiger partial charge in [0.25, 0.3) is 0 Å². The first-order chi connectivity index (χ1) is 6.95. The first-order valence-electron chi connectivity index (χ1n) is 5.73. The minimum absolute atomic E-state index is 0.505. The molecule has 2 aliphatic rings. The van der Waals surface area contributed by atoms with Gasteiger partial charge >= 0.3 is 0 Å². The van der Waals surface area contributed by atoms with Crippen molar-refractivity contribution in [3.05, 3.63) is 0 Å². The van der Waals surface area contributed by atoms with Crippen molar-refractivity contribution >= 4 is 5.90 Å². The van der Waals surface area contributed by atoms with Gasteiger partial charge in [0.1, 0.15) is 6.61 Å². The van der Waals surface area contributed by atoms with Crippen LogP contribution in [0.1, 0.15) is 38.5 Å². The largest absolute Gasteiger partial charge is 0.479 e. The molecular formula is C11H19NO2. The molecule has 0 saturated heterocycles. The molecule has 0 unspecified atom stereocenters. The molecular weight excluding hydrogens is 178 g/mol. The maximum atomic E-state index is 5.78. The molecule has 0 amide bonds. The highest BCUT2D eigenvalue weighted by Gasteiger charge is 2.14. The molecule has 3 heteroatoms. The van der Waals surface area contributed by atoms with Gasteiger partial charge in [-0.2, -0.15) is 0 Å². The second kappa shape index (κ2) is 5.35. The van der Waals surface area contributed by atoms with Crippen LogP contribution in [-0.4, -0.2) is 31.8 Å². The van der Waals surface area contributed by atoms with Crippen LogP contribution in [0, 0.1) is 0 Å². The maximum absolute atomic E-state index is 5.78. The van der Waals surface area contributed by atoms with Crippen molar-refractivity contribution in [2.24, 2.45) is 4.99 Å². The van der Waals surface area contributed by atoms with Gasteiger partial charge in [-0.05, 0) is 12.8 Å². The highest BCUT2D eigenvalue weighted by molar-refractivity contribution is 5.77. The molecule has 1 aliphatic carbocycles. The van der Waals surface area contributed by atoms with Gasteiger partial charge in [-0.15, -0.1) is 0 Å². The van der Waals surface area contributed by atoms with Crippen LogP contribution in [0.4, 0.5) is 0 Å². The lowest BCUT2D eigenvalue weighted by Crippen LogP contribution is -2.18. The average molecular weight is 197 g/mol. The molecule has 1 saturated carbocycles. The number of nitrogens with zero attached hydrogens (tertiary/aromatic N) is 1. The quantitative estimate of drug-likeness (QED) is 0.691. The summed E-state index contributed by atoms with van der Waals surface area (Å²) in [6, 6.07) is 0. The third-order valence-corrected chi connectivity index (χ3v) is 2.87. The van der Waals surface area contributed by atoms with Crippen LogP contribution in [0.15, 0.2) is 4.99 Å². The van der Waals surface area contributed by atoms with E-state index in [4.69, 9.17) is 9.47 Å². The van der Waals surface area contributed by atoms with Crippen LogP contribution in [0.2, 0.25) is 0 Å². The van der Waals surface area contributed by atoms with Crippen LogP contribution < -0.4 is 0 Å². The maximum Gasteiger partial charge on any atom is 0.185 e. The molecule has 0 N–H and O–H groups in total. The first-order valence-corrected chi connectivity index (χ1v) is 5.73. The van der Waals surface area contributed by atoms with E-state index in [1.807, 2.05) is 0 Å². The van der Waals surface area contributed by atoms with Crippen molar-refractivity contribution in [3.8, 4) is 0 Å². The van der Waals surface area contributed by atoms with Crippen molar-refractivity contribution in [2.45, 2.75) is 44.6 Å². The smallest absolute Gasteiger partial charge is 0.185 e. The summed E-state index contributed by atoms with van der Waals surface area (Å²) in [4.78, 5) is 4.23. The molecule has 0 aromatic heterocycles. The molecule has 2 rings (SSSR count). The van der Waals surface area contributed by atoms with Crippen molar-refractivity contribution in [1.82, 2.24) is 0 Å². The normalized spacial score (nSPS) is 23.3. The molecule has 0 radical (unpaired) electrons. The Morgan fingerprint density at radius 2 is 2.14 bits per heavy atom. The predicted molar refractivity (Wildman–Crippen MR) is 55.7 cm³/mol. The van der Waals surface area contributed by atoms with Crippen LogP contribution in [0.5, 0.6) is 0 Å².